The van der Waals surface area contributed by atoms with Crippen molar-refractivity contribution >= 4 is 17.1 Å². The largest absolute Gasteiger partial charge is 0.508 e. The van der Waals surface area contributed by atoms with Crippen LogP contribution in [-0.2, 0) is 24.0 Å². The minimum Gasteiger partial charge on any atom is -0.508 e. The zero-order valence-corrected chi connectivity index (χ0v) is 20.7. The van der Waals surface area contributed by atoms with Gasteiger partial charge in [-0.25, -0.2) is 4.98 Å². The van der Waals surface area contributed by atoms with E-state index in [1.165, 1.54) is 0 Å². The number of nitrogens with one attached hydrogen (secondary N) is 1. The maximum Gasteiger partial charge on any atom is 0.278 e. The number of aromatic amines is 1. The standard InChI is InChI=1S/C30H29N3O3/c1-4-24-22(16-19(2)36-3)12-15-27-28(24)31-25(17-20-8-6-5-7-9-20)29-32-26(30(35)33(27)29)18-21-10-13-23(34)14-11-21/h5-16,31,34H,4,17-18H2,1-3H3/b19-16+. The molecule has 2 N–H and O–H groups in total. The number of imidazole rings is 1. The van der Waals surface area contributed by atoms with Crippen molar-refractivity contribution in [3.63, 3.8) is 0 Å². The summed E-state index contributed by atoms with van der Waals surface area (Å²) in [6.07, 6.45) is 3.82. The van der Waals surface area contributed by atoms with Crippen molar-refractivity contribution in [2.75, 3.05) is 7.11 Å². The average Bonchev–Trinajstić information content (AvgIpc) is 3.22. The fourth-order valence-electron chi connectivity index (χ4n) is 4.70. The number of nitrogens with zero attached hydrogens (tertiary/aromatic N) is 2. The monoisotopic (exact) mass is 479 g/mol. The van der Waals surface area contributed by atoms with Crippen LogP contribution in [0.5, 0.6) is 5.75 Å². The fraction of sp³-hybridized carbons (Fsp3) is 0.200. The van der Waals surface area contributed by atoms with Gasteiger partial charge in [-0.3, -0.25) is 9.36 Å². The number of methoxy groups -OCH3 is 1. The van der Waals surface area contributed by atoms with Gasteiger partial charge < -0.3 is 14.8 Å². The number of phenolic OH excluding ortho intramolecular Hbond substituents is 1. The Hall–Kier alpha value is -4.32. The molecule has 0 bridgehead atoms. The third-order valence-electron chi connectivity index (χ3n) is 6.58. The molecule has 0 fully saturated rings. The molecule has 0 atom stereocenters. The normalized spacial score (nSPS) is 11.9. The van der Waals surface area contributed by atoms with Crippen molar-refractivity contribution in [3.05, 3.63) is 116 Å². The summed E-state index contributed by atoms with van der Waals surface area (Å²) in [6, 6.07) is 21.1. The van der Waals surface area contributed by atoms with Gasteiger partial charge in [0.25, 0.3) is 5.56 Å². The number of phenols is 1. The second kappa shape index (κ2) is 9.74. The van der Waals surface area contributed by atoms with Gasteiger partial charge in [0.1, 0.15) is 11.4 Å². The summed E-state index contributed by atoms with van der Waals surface area (Å²) in [7, 11) is 1.66. The highest BCUT2D eigenvalue weighted by molar-refractivity contribution is 5.85. The van der Waals surface area contributed by atoms with Gasteiger partial charge in [-0.05, 0) is 59.9 Å². The lowest BCUT2D eigenvalue weighted by Crippen LogP contribution is -2.19. The van der Waals surface area contributed by atoms with Crippen molar-refractivity contribution in [1.82, 2.24) is 14.5 Å². The van der Waals surface area contributed by atoms with Crippen molar-refractivity contribution in [2.24, 2.45) is 0 Å². The summed E-state index contributed by atoms with van der Waals surface area (Å²) >= 11 is 0. The number of allylic oxidation sites excluding steroid dienone is 1. The number of aromatic hydroxyl groups is 1. The summed E-state index contributed by atoms with van der Waals surface area (Å²) in [6.45, 7) is 4.05. The zero-order valence-electron chi connectivity index (χ0n) is 20.7. The Bertz CT molecular complexity index is 1580. The third kappa shape index (κ3) is 4.38. The quantitative estimate of drug-likeness (QED) is 0.298. The van der Waals surface area contributed by atoms with E-state index in [4.69, 9.17) is 9.72 Å². The van der Waals surface area contributed by atoms with E-state index in [1.54, 1.807) is 23.8 Å². The average molecular weight is 480 g/mol. The minimum absolute atomic E-state index is 0.121. The van der Waals surface area contributed by atoms with E-state index < -0.39 is 0 Å². The molecule has 0 saturated heterocycles. The Balaban J connectivity index is 1.76. The Morgan fingerprint density at radius 1 is 1.03 bits per heavy atom. The Morgan fingerprint density at radius 2 is 1.75 bits per heavy atom. The first-order valence-corrected chi connectivity index (χ1v) is 12.1. The van der Waals surface area contributed by atoms with E-state index in [-0.39, 0.29) is 11.3 Å². The van der Waals surface area contributed by atoms with Gasteiger partial charge in [-0.15, -0.1) is 0 Å². The van der Waals surface area contributed by atoms with Crippen molar-refractivity contribution in [3.8, 4) is 11.6 Å². The molecule has 0 aliphatic carbocycles. The smallest absolute Gasteiger partial charge is 0.278 e. The second-order valence-electron chi connectivity index (χ2n) is 8.97. The molecular formula is C30H29N3O3. The Labute approximate surface area is 209 Å². The first-order valence-electron chi connectivity index (χ1n) is 12.1. The molecule has 36 heavy (non-hydrogen) atoms. The summed E-state index contributed by atoms with van der Waals surface area (Å²) in [5.74, 6) is 1.66. The molecule has 182 valence electrons. The van der Waals surface area contributed by atoms with Gasteiger partial charge in [0, 0.05) is 12.8 Å². The van der Waals surface area contributed by atoms with Crippen LogP contribution in [0.2, 0.25) is 0 Å². The molecule has 3 aromatic carbocycles. The number of aromatic nitrogens is 3. The van der Waals surface area contributed by atoms with E-state index in [1.807, 2.05) is 55.5 Å². The highest BCUT2D eigenvalue weighted by Crippen LogP contribution is 2.29. The fourth-order valence-corrected chi connectivity index (χ4v) is 4.70. The number of fused-ring (bicyclic) bond motifs is 3. The van der Waals surface area contributed by atoms with Crippen LogP contribution in [0.4, 0.5) is 0 Å². The minimum atomic E-state index is -0.121. The van der Waals surface area contributed by atoms with Crippen LogP contribution in [-0.4, -0.2) is 26.8 Å². The zero-order chi connectivity index (χ0) is 25.2. The maximum atomic E-state index is 13.7. The highest BCUT2D eigenvalue weighted by Gasteiger charge is 2.23. The Kier molecular flexibility index (Phi) is 6.34. The van der Waals surface area contributed by atoms with Crippen LogP contribution in [0.15, 0.2) is 77.3 Å². The van der Waals surface area contributed by atoms with Crippen LogP contribution in [0.25, 0.3) is 22.9 Å². The van der Waals surface area contributed by atoms with Gasteiger partial charge in [0.2, 0.25) is 0 Å². The summed E-state index contributed by atoms with van der Waals surface area (Å²) < 4.78 is 7.14. The lowest BCUT2D eigenvalue weighted by Gasteiger charge is -2.17. The molecule has 0 aromatic heterocycles. The summed E-state index contributed by atoms with van der Waals surface area (Å²) in [5.41, 5.74) is 7.22. The molecule has 6 heteroatoms. The van der Waals surface area contributed by atoms with E-state index in [0.29, 0.717) is 24.4 Å². The van der Waals surface area contributed by atoms with Crippen LogP contribution in [0.1, 0.15) is 47.5 Å². The van der Waals surface area contributed by atoms with Crippen LogP contribution >= 0.6 is 0 Å². The number of aryl methyl sites for hydroxylation is 1. The van der Waals surface area contributed by atoms with Gasteiger partial charge in [0.15, 0.2) is 5.82 Å². The van der Waals surface area contributed by atoms with Gasteiger partial charge >= 0.3 is 0 Å². The molecule has 0 radical (unpaired) electrons. The molecule has 5 rings (SSSR count). The van der Waals surface area contributed by atoms with Crippen LogP contribution < -0.4 is 5.56 Å². The predicted molar refractivity (Wildman–Crippen MR) is 143 cm³/mol. The number of hydrogen-bond donors (Lipinski definition) is 2. The number of H-pyrrole nitrogens is 1. The second-order valence-corrected chi connectivity index (χ2v) is 8.97. The Morgan fingerprint density at radius 3 is 2.44 bits per heavy atom. The molecule has 2 aliphatic rings. The maximum absolute atomic E-state index is 13.7. The molecule has 0 unspecified atom stereocenters. The molecule has 3 aromatic rings. The SMILES string of the molecule is CCc1c(/C=C(\C)OC)ccc2c1[nH]c(Cc1ccccc1)c1nc(Cc3ccc(O)cc3)c(=O)n2-1. The first-order chi connectivity index (χ1) is 17.5. The van der Waals surface area contributed by atoms with E-state index in [0.717, 1.165) is 51.2 Å². The predicted octanol–water partition coefficient (Wildman–Crippen LogP) is 5.61. The lowest BCUT2D eigenvalue weighted by atomic mass is 10.0. The van der Waals surface area contributed by atoms with E-state index in [2.05, 4.69) is 24.0 Å². The molecule has 2 aliphatic heterocycles. The van der Waals surface area contributed by atoms with Gasteiger partial charge in [0.05, 0.1) is 29.6 Å². The van der Waals surface area contributed by atoms with Gasteiger partial charge in [-0.2, -0.15) is 0 Å². The molecular weight excluding hydrogens is 450 g/mol. The molecule has 6 nitrogen and oxygen atoms in total. The third-order valence-corrected chi connectivity index (χ3v) is 6.58. The van der Waals surface area contributed by atoms with E-state index >= 15 is 0 Å². The molecule has 0 spiro atoms. The lowest BCUT2D eigenvalue weighted by molar-refractivity contribution is 0.297. The van der Waals surface area contributed by atoms with Crippen LogP contribution in [0.3, 0.4) is 0 Å². The molecule has 0 amide bonds. The highest BCUT2D eigenvalue weighted by atomic mass is 16.5. The molecule has 2 heterocycles. The summed E-state index contributed by atoms with van der Waals surface area (Å²) in [4.78, 5) is 22.2. The number of benzene rings is 3. The van der Waals surface area contributed by atoms with E-state index in [9.17, 15) is 9.90 Å². The number of ether oxygens (including phenoxy) is 1. The topological polar surface area (TPSA) is 80.1 Å². The first kappa shape index (κ1) is 23.4. The van der Waals surface area contributed by atoms with Crippen molar-refractivity contribution in [2.45, 2.75) is 33.1 Å². The molecule has 0 saturated carbocycles. The number of rotatable bonds is 7. The van der Waals surface area contributed by atoms with Crippen molar-refractivity contribution < 1.29 is 9.84 Å². The van der Waals surface area contributed by atoms with Gasteiger partial charge in [-0.1, -0.05) is 55.5 Å². The van der Waals surface area contributed by atoms with Crippen LogP contribution in [0, 0.1) is 0 Å². The number of hydrogen-bond acceptors (Lipinski definition) is 4. The summed E-state index contributed by atoms with van der Waals surface area (Å²) in [5, 5.41) is 9.63. The van der Waals surface area contributed by atoms with Crippen molar-refractivity contribution in [1.29, 1.82) is 0 Å².